The van der Waals surface area contributed by atoms with Crippen molar-refractivity contribution in [3.8, 4) is 0 Å². The van der Waals surface area contributed by atoms with Crippen LogP contribution in [0.2, 0.25) is 0 Å². The first-order valence-corrected chi connectivity index (χ1v) is 15.7. The standard InChI is InChI=1S/C21H24N8O11P2/c22-10-1-2-23-19-17(10)26-8-28(19)15-3-11-13(37-15)5-35-42(33,34)40-12-4-16(38-14(12)6-36-41(31,32)39-11)29-9-27-18-20(29)24-7-25-21(18)30/h1-2,7-9,11-16H,3-6H2,(H2,22,23)(H,31,32)(H,33,34)(H,24,25,30)/t11-,12-,13?,14?,15?,16?/m0/s1. The largest absolute Gasteiger partial charge is 0.472 e. The van der Waals surface area contributed by atoms with E-state index in [1.165, 1.54) is 29.7 Å². The Bertz CT molecular complexity index is 1810. The summed E-state index contributed by atoms with van der Waals surface area (Å²) in [4.78, 5) is 52.3. The molecule has 0 bridgehead atoms. The van der Waals surface area contributed by atoms with Crippen LogP contribution in [0.1, 0.15) is 25.3 Å². The van der Waals surface area contributed by atoms with Gasteiger partial charge in [-0.1, -0.05) is 0 Å². The van der Waals surface area contributed by atoms with Crippen LogP contribution in [-0.2, 0) is 36.7 Å². The first-order chi connectivity index (χ1) is 20.1. The highest BCUT2D eigenvalue weighted by Gasteiger charge is 2.47. The number of fused-ring (bicyclic) bond motifs is 4. The molecule has 0 spiro atoms. The van der Waals surface area contributed by atoms with Gasteiger partial charge in [0.2, 0.25) is 0 Å². The van der Waals surface area contributed by atoms with E-state index >= 15 is 0 Å². The first-order valence-electron chi connectivity index (χ1n) is 12.7. The van der Waals surface area contributed by atoms with Gasteiger partial charge in [0.05, 0.1) is 37.9 Å². The fourth-order valence-electron chi connectivity index (χ4n) is 5.24. The van der Waals surface area contributed by atoms with Crippen LogP contribution in [0, 0.1) is 0 Å². The number of pyridine rings is 1. The van der Waals surface area contributed by atoms with Gasteiger partial charge in [-0.2, -0.15) is 0 Å². The van der Waals surface area contributed by atoms with Crippen molar-refractivity contribution in [1.29, 1.82) is 0 Å². The van der Waals surface area contributed by atoms with Gasteiger partial charge in [-0.3, -0.25) is 32.0 Å². The molecule has 0 saturated carbocycles. The topological polar surface area (TPSA) is 250 Å². The quantitative estimate of drug-likeness (QED) is 0.224. The van der Waals surface area contributed by atoms with Crippen molar-refractivity contribution in [3.63, 3.8) is 0 Å². The molecule has 0 amide bonds. The molecule has 5 N–H and O–H groups in total. The van der Waals surface area contributed by atoms with Crippen LogP contribution in [-0.4, -0.2) is 81.5 Å². The Kier molecular flexibility index (Phi) is 6.78. The Morgan fingerprint density at radius 1 is 0.833 bits per heavy atom. The van der Waals surface area contributed by atoms with E-state index in [1.807, 2.05) is 0 Å². The van der Waals surface area contributed by atoms with Crippen LogP contribution in [0.5, 0.6) is 0 Å². The number of hydrogen-bond donors (Lipinski definition) is 4. The highest BCUT2D eigenvalue weighted by molar-refractivity contribution is 7.47. The molecule has 3 saturated heterocycles. The van der Waals surface area contributed by atoms with Gasteiger partial charge in [0.15, 0.2) is 16.8 Å². The minimum Gasteiger partial charge on any atom is -0.397 e. The number of nitrogens with two attached hydrogens (primary N) is 1. The second kappa shape index (κ2) is 10.3. The zero-order valence-corrected chi connectivity index (χ0v) is 23.2. The smallest absolute Gasteiger partial charge is 0.397 e. The number of rotatable bonds is 2. The summed E-state index contributed by atoms with van der Waals surface area (Å²) in [7, 11) is -9.44. The highest BCUT2D eigenvalue weighted by atomic mass is 31.2. The van der Waals surface area contributed by atoms with E-state index in [2.05, 4.69) is 24.9 Å². The summed E-state index contributed by atoms with van der Waals surface area (Å²) in [5, 5.41) is 0. The normalized spacial score (nSPS) is 36.0. The van der Waals surface area contributed by atoms with Crippen molar-refractivity contribution in [2.45, 2.75) is 49.7 Å². The fourth-order valence-corrected chi connectivity index (χ4v) is 7.16. The Morgan fingerprint density at radius 3 is 1.98 bits per heavy atom. The van der Waals surface area contributed by atoms with Crippen LogP contribution in [0.25, 0.3) is 22.3 Å². The number of H-pyrrole nitrogens is 1. The summed E-state index contributed by atoms with van der Waals surface area (Å²) in [5.41, 5.74) is 7.00. The summed E-state index contributed by atoms with van der Waals surface area (Å²) in [6.07, 6.45) is -0.631. The lowest BCUT2D eigenvalue weighted by Crippen LogP contribution is -2.32. The Labute approximate surface area is 234 Å². The van der Waals surface area contributed by atoms with Crippen LogP contribution in [0.4, 0.5) is 5.69 Å². The van der Waals surface area contributed by atoms with Crippen LogP contribution in [0.3, 0.4) is 0 Å². The maximum absolute atomic E-state index is 13.0. The average Bonchev–Trinajstić information content (AvgIpc) is 3.71. The number of nitrogens with one attached hydrogen (secondary N) is 1. The Morgan fingerprint density at radius 2 is 1.38 bits per heavy atom. The fraction of sp³-hybridized carbons (Fsp3) is 0.476. The Hall–Kier alpha value is -3.09. The molecule has 224 valence electrons. The SMILES string of the molecule is Nc1ccnc2c1ncn2C1C[C@@H]2OP(=O)(O)OCC3OC(n4cnc5c(=O)[nH]cnc54)C[C@@H]3OP(=O)(O)OCC2O1. The van der Waals surface area contributed by atoms with Crippen molar-refractivity contribution in [2.24, 2.45) is 0 Å². The van der Waals surface area contributed by atoms with Gasteiger partial charge < -0.3 is 30.0 Å². The molecule has 7 heterocycles. The zero-order chi connectivity index (χ0) is 29.2. The lowest BCUT2D eigenvalue weighted by atomic mass is 10.2. The second-order valence-corrected chi connectivity index (χ2v) is 12.6. The minimum absolute atomic E-state index is 0.0188. The van der Waals surface area contributed by atoms with Gasteiger partial charge in [0.25, 0.3) is 5.56 Å². The molecule has 21 heteroatoms. The van der Waals surface area contributed by atoms with E-state index in [0.717, 1.165) is 0 Å². The number of phosphoric ester groups is 2. The summed E-state index contributed by atoms with van der Waals surface area (Å²) in [6.45, 7) is -1.08. The molecule has 19 nitrogen and oxygen atoms in total. The molecule has 3 aliphatic rings. The van der Waals surface area contributed by atoms with Crippen molar-refractivity contribution < 1.29 is 46.5 Å². The third-order valence-electron chi connectivity index (χ3n) is 7.18. The van der Waals surface area contributed by atoms with Gasteiger partial charge in [-0.05, 0) is 6.07 Å². The first kappa shape index (κ1) is 27.7. The van der Waals surface area contributed by atoms with E-state index < -0.39 is 71.3 Å². The number of hydrogen-bond acceptors (Lipinski definition) is 14. The van der Waals surface area contributed by atoms with Crippen LogP contribution in [0.15, 0.2) is 36.0 Å². The molecular weight excluding hydrogens is 602 g/mol. The number of nitrogen functional groups attached to an aromatic ring is 1. The molecule has 0 aliphatic carbocycles. The molecule has 8 atom stereocenters. The second-order valence-electron chi connectivity index (χ2n) is 9.83. The maximum Gasteiger partial charge on any atom is 0.472 e. The van der Waals surface area contributed by atoms with E-state index in [9.17, 15) is 23.7 Å². The predicted octanol–water partition coefficient (Wildman–Crippen LogP) is 0.740. The molecular formula is C21H24N8O11P2. The number of phosphoric acid groups is 2. The van der Waals surface area contributed by atoms with E-state index in [0.29, 0.717) is 16.9 Å². The van der Waals surface area contributed by atoms with Crippen molar-refractivity contribution >= 4 is 43.7 Å². The van der Waals surface area contributed by atoms with Gasteiger partial charge in [-0.25, -0.2) is 29.1 Å². The van der Waals surface area contributed by atoms with Crippen LogP contribution < -0.4 is 11.3 Å². The monoisotopic (exact) mass is 626 g/mol. The van der Waals surface area contributed by atoms with Crippen molar-refractivity contribution in [2.75, 3.05) is 18.9 Å². The molecule has 0 aromatic carbocycles. The summed E-state index contributed by atoms with van der Waals surface area (Å²) >= 11 is 0. The molecule has 3 aliphatic heterocycles. The maximum atomic E-state index is 13.0. The van der Waals surface area contributed by atoms with Gasteiger partial charge in [0, 0.05) is 19.0 Å². The number of nitrogens with zero attached hydrogens (tertiary/aromatic N) is 6. The summed E-state index contributed by atoms with van der Waals surface area (Å²) < 4.78 is 62.4. The number of aromatic amines is 1. The van der Waals surface area contributed by atoms with E-state index in [4.69, 9.17) is 33.3 Å². The van der Waals surface area contributed by atoms with E-state index in [-0.39, 0.29) is 24.0 Å². The average molecular weight is 626 g/mol. The van der Waals surface area contributed by atoms with Gasteiger partial charge >= 0.3 is 15.6 Å². The number of imidazole rings is 2. The van der Waals surface area contributed by atoms with Gasteiger partial charge in [0.1, 0.15) is 42.4 Å². The lowest BCUT2D eigenvalue weighted by Gasteiger charge is -2.26. The molecule has 6 unspecified atom stereocenters. The third kappa shape index (κ3) is 5.07. The zero-order valence-electron chi connectivity index (χ0n) is 21.4. The highest BCUT2D eigenvalue weighted by Crippen LogP contribution is 2.53. The minimum atomic E-state index is -4.72. The molecule has 4 aromatic heterocycles. The van der Waals surface area contributed by atoms with E-state index in [1.54, 1.807) is 10.6 Å². The van der Waals surface area contributed by atoms with Crippen LogP contribution >= 0.6 is 15.6 Å². The molecule has 7 rings (SSSR count). The lowest BCUT2D eigenvalue weighted by molar-refractivity contribution is -0.0661. The Balaban J connectivity index is 1.13. The third-order valence-corrected chi connectivity index (χ3v) is 9.20. The molecule has 42 heavy (non-hydrogen) atoms. The van der Waals surface area contributed by atoms with Crippen molar-refractivity contribution in [1.82, 2.24) is 34.1 Å². The number of anilines is 1. The van der Waals surface area contributed by atoms with Gasteiger partial charge in [-0.15, -0.1) is 0 Å². The molecule has 3 fully saturated rings. The number of aromatic nitrogens is 7. The summed E-state index contributed by atoms with van der Waals surface area (Å²) in [5.74, 6) is 0. The molecule has 4 aromatic rings. The summed E-state index contributed by atoms with van der Waals surface area (Å²) in [6, 6.07) is 1.59. The molecule has 0 radical (unpaired) electrons. The van der Waals surface area contributed by atoms with Crippen molar-refractivity contribution in [3.05, 3.63) is 41.6 Å². The predicted molar refractivity (Wildman–Crippen MR) is 138 cm³/mol. The number of ether oxygens (including phenoxy) is 2.